The van der Waals surface area contributed by atoms with Crippen molar-refractivity contribution in [3.05, 3.63) is 22.4 Å². The Balaban J connectivity index is 1.34. The van der Waals surface area contributed by atoms with Gasteiger partial charge in [-0.05, 0) is 85.0 Å². The van der Waals surface area contributed by atoms with Crippen molar-refractivity contribution in [1.29, 1.82) is 0 Å². The SMILES string of the molecule is CN1C(=O)[C@H](F)C[C@]2(C)[C@H]3CC[C@]4(C)[C@@H](C(=O)NCc5cccs5)CC[C@H]4[C@@H]3CC[C@@H]12. The third-order valence-corrected chi connectivity index (χ3v) is 10.7. The van der Waals surface area contributed by atoms with E-state index in [-0.39, 0.29) is 34.6 Å². The molecular weight excluding hydrogens is 411 g/mol. The molecule has 31 heavy (non-hydrogen) atoms. The van der Waals surface area contributed by atoms with Gasteiger partial charge in [0.25, 0.3) is 5.91 Å². The molecule has 3 saturated carbocycles. The van der Waals surface area contributed by atoms with Crippen LogP contribution in [-0.2, 0) is 16.1 Å². The van der Waals surface area contributed by atoms with Gasteiger partial charge in [0.15, 0.2) is 6.17 Å². The Morgan fingerprint density at radius 2 is 1.97 bits per heavy atom. The zero-order valence-corrected chi connectivity index (χ0v) is 19.7. The van der Waals surface area contributed by atoms with E-state index in [9.17, 15) is 14.0 Å². The van der Waals surface area contributed by atoms with Gasteiger partial charge in [-0.3, -0.25) is 9.59 Å². The average Bonchev–Trinajstić information content (AvgIpc) is 3.37. The third kappa shape index (κ3) is 3.19. The summed E-state index contributed by atoms with van der Waals surface area (Å²) in [5, 5.41) is 5.25. The van der Waals surface area contributed by atoms with Crippen LogP contribution < -0.4 is 5.32 Å². The zero-order chi connectivity index (χ0) is 22.0. The molecule has 2 heterocycles. The summed E-state index contributed by atoms with van der Waals surface area (Å²) >= 11 is 1.68. The van der Waals surface area contributed by atoms with Crippen LogP contribution in [0.3, 0.4) is 0 Å². The number of nitrogens with zero attached hydrogens (tertiary/aromatic N) is 1. The van der Waals surface area contributed by atoms with Crippen LogP contribution in [0.4, 0.5) is 4.39 Å². The lowest BCUT2D eigenvalue weighted by molar-refractivity contribution is -0.169. The van der Waals surface area contributed by atoms with E-state index in [0.717, 1.165) is 38.5 Å². The molecule has 1 aliphatic heterocycles. The highest BCUT2D eigenvalue weighted by Crippen LogP contribution is 2.66. The molecule has 0 spiro atoms. The number of fused-ring (bicyclic) bond motifs is 5. The van der Waals surface area contributed by atoms with Crippen molar-refractivity contribution in [2.75, 3.05) is 7.05 Å². The van der Waals surface area contributed by atoms with E-state index in [1.807, 2.05) is 11.4 Å². The Bertz CT molecular complexity index is 860. The number of halogens is 1. The zero-order valence-electron chi connectivity index (χ0n) is 18.9. The molecule has 0 radical (unpaired) electrons. The smallest absolute Gasteiger partial charge is 0.257 e. The minimum atomic E-state index is -1.36. The molecule has 1 saturated heterocycles. The van der Waals surface area contributed by atoms with E-state index in [0.29, 0.717) is 30.7 Å². The van der Waals surface area contributed by atoms with Crippen LogP contribution in [0.15, 0.2) is 17.5 Å². The summed E-state index contributed by atoms with van der Waals surface area (Å²) in [6, 6.07) is 4.25. The lowest BCUT2D eigenvalue weighted by Gasteiger charge is -2.62. The second kappa shape index (κ2) is 7.57. The van der Waals surface area contributed by atoms with Crippen LogP contribution in [0.2, 0.25) is 0 Å². The molecule has 8 atom stereocenters. The lowest BCUT2D eigenvalue weighted by Crippen LogP contribution is -2.64. The number of amides is 2. The highest BCUT2D eigenvalue weighted by atomic mass is 32.1. The molecule has 1 aromatic rings. The topological polar surface area (TPSA) is 49.4 Å². The van der Waals surface area contributed by atoms with Crippen molar-refractivity contribution in [2.24, 2.45) is 34.5 Å². The van der Waals surface area contributed by atoms with Crippen molar-refractivity contribution in [3.63, 3.8) is 0 Å². The lowest BCUT2D eigenvalue weighted by atomic mass is 9.46. The fourth-order valence-corrected chi connectivity index (χ4v) is 8.99. The number of piperidine rings is 1. The van der Waals surface area contributed by atoms with Crippen molar-refractivity contribution in [1.82, 2.24) is 10.2 Å². The minimum Gasteiger partial charge on any atom is -0.351 e. The van der Waals surface area contributed by atoms with E-state index in [1.54, 1.807) is 23.3 Å². The highest BCUT2D eigenvalue weighted by Gasteiger charge is 2.63. The number of alkyl halides is 1. The molecule has 0 unspecified atom stereocenters. The fourth-order valence-electron chi connectivity index (χ4n) is 8.35. The molecule has 0 aromatic carbocycles. The Morgan fingerprint density at radius 3 is 2.71 bits per heavy atom. The Morgan fingerprint density at radius 1 is 1.19 bits per heavy atom. The first kappa shape index (κ1) is 21.4. The molecule has 2 amide bonds. The third-order valence-electron chi connectivity index (χ3n) is 9.85. The summed E-state index contributed by atoms with van der Waals surface area (Å²) in [5.41, 5.74) is -0.110. The summed E-state index contributed by atoms with van der Waals surface area (Å²) in [6.07, 6.45) is 5.22. The van der Waals surface area contributed by atoms with Crippen molar-refractivity contribution in [2.45, 2.75) is 77.6 Å². The predicted octanol–water partition coefficient (Wildman–Crippen LogP) is 4.79. The van der Waals surface area contributed by atoms with E-state index >= 15 is 0 Å². The number of rotatable bonds is 3. The molecule has 1 N–H and O–H groups in total. The maximum absolute atomic E-state index is 14.7. The fraction of sp³-hybridized carbons (Fsp3) is 0.760. The van der Waals surface area contributed by atoms with E-state index in [1.165, 1.54) is 4.88 Å². The van der Waals surface area contributed by atoms with Gasteiger partial charge in [-0.2, -0.15) is 0 Å². The summed E-state index contributed by atoms with van der Waals surface area (Å²) in [6.45, 7) is 5.21. The summed E-state index contributed by atoms with van der Waals surface area (Å²) in [7, 11) is 1.80. The maximum Gasteiger partial charge on any atom is 0.257 e. The minimum absolute atomic E-state index is 0.0371. The van der Waals surface area contributed by atoms with Crippen LogP contribution >= 0.6 is 11.3 Å². The van der Waals surface area contributed by atoms with Gasteiger partial charge in [0.1, 0.15) is 0 Å². The first-order chi connectivity index (χ1) is 14.8. The largest absolute Gasteiger partial charge is 0.351 e. The number of hydrogen-bond donors (Lipinski definition) is 1. The number of likely N-dealkylation sites (tertiary alicyclic amines) is 1. The second-order valence-corrected chi connectivity index (χ2v) is 12.1. The van der Waals surface area contributed by atoms with Crippen LogP contribution in [0.5, 0.6) is 0 Å². The van der Waals surface area contributed by atoms with Crippen LogP contribution in [0.1, 0.15) is 63.7 Å². The molecule has 4 aliphatic rings. The monoisotopic (exact) mass is 446 g/mol. The van der Waals surface area contributed by atoms with E-state index in [4.69, 9.17) is 0 Å². The first-order valence-corrected chi connectivity index (χ1v) is 12.8. The van der Waals surface area contributed by atoms with Gasteiger partial charge in [-0.25, -0.2) is 4.39 Å². The molecule has 0 bridgehead atoms. The number of carbonyl (C=O) groups is 2. The number of hydrogen-bond acceptors (Lipinski definition) is 3. The molecule has 6 heteroatoms. The van der Waals surface area contributed by atoms with Gasteiger partial charge in [-0.1, -0.05) is 19.9 Å². The predicted molar refractivity (Wildman–Crippen MR) is 120 cm³/mol. The van der Waals surface area contributed by atoms with Gasteiger partial charge in [0, 0.05) is 23.9 Å². The van der Waals surface area contributed by atoms with Crippen molar-refractivity contribution in [3.8, 4) is 0 Å². The van der Waals surface area contributed by atoms with Gasteiger partial charge in [-0.15, -0.1) is 11.3 Å². The quantitative estimate of drug-likeness (QED) is 0.726. The summed E-state index contributed by atoms with van der Waals surface area (Å²) in [5.74, 6) is 1.49. The molecule has 4 nitrogen and oxygen atoms in total. The normalized spacial score (nSPS) is 44.4. The van der Waals surface area contributed by atoms with Gasteiger partial charge >= 0.3 is 0 Å². The molecular formula is C25H35FN2O2S. The van der Waals surface area contributed by atoms with Crippen LogP contribution in [0, 0.1) is 34.5 Å². The Hall–Kier alpha value is -1.43. The van der Waals surface area contributed by atoms with Gasteiger partial charge in [0.05, 0.1) is 6.54 Å². The standard InChI is InChI=1S/C25H35FN2O2S/c1-24-11-10-18-16(6-9-21-25(18,2)13-20(26)23(30)28(21)3)17(24)7-8-19(24)22(29)27-14-15-5-4-12-31-15/h4-5,12,16-21H,6-11,13-14H2,1-3H3,(H,27,29)/t16-,17-,18-,19+,20+,21+,24-,25+/m0/s1. The molecule has 1 aromatic heterocycles. The van der Waals surface area contributed by atoms with Gasteiger partial charge in [0.2, 0.25) is 5.91 Å². The highest BCUT2D eigenvalue weighted by molar-refractivity contribution is 7.09. The molecule has 3 aliphatic carbocycles. The first-order valence-electron chi connectivity index (χ1n) is 12.0. The number of carbonyl (C=O) groups excluding carboxylic acids is 2. The molecule has 5 rings (SSSR count). The van der Waals surface area contributed by atoms with Crippen molar-refractivity contribution >= 4 is 23.2 Å². The summed E-state index contributed by atoms with van der Waals surface area (Å²) in [4.78, 5) is 28.4. The van der Waals surface area contributed by atoms with E-state index < -0.39 is 6.17 Å². The molecule has 4 fully saturated rings. The number of nitrogens with one attached hydrogen (secondary N) is 1. The van der Waals surface area contributed by atoms with E-state index in [2.05, 4.69) is 25.2 Å². The van der Waals surface area contributed by atoms with Crippen LogP contribution in [-0.4, -0.2) is 36.0 Å². The summed E-state index contributed by atoms with van der Waals surface area (Å²) < 4.78 is 14.7. The Labute approximate surface area is 189 Å². The van der Waals surface area contributed by atoms with Crippen LogP contribution in [0.25, 0.3) is 0 Å². The number of thiophene rings is 1. The second-order valence-electron chi connectivity index (χ2n) is 11.1. The average molecular weight is 447 g/mol. The van der Waals surface area contributed by atoms with Gasteiger partial charge < -0.3 is 10.2 Å². The maximum atomic E-state index is 14.7. The van der Waals surface area contributed by atoms with Crippen molar-refractivity contribution < 1.29 is 14.0 Å². The Kier molecular flexibility index (Phi) is 5.23. The molecule has 170 valence electrons.